The zero-order valence-electron chi connectivity index (χ0n) is 14.6. The van der Waals surface area contributed by atoms with E-state index >= 15 is 0 Å². The first kappa shape index (κ1) is 14.9. The van der Waals surface area contributed by atoms with E-state index in [4.69, 9.17) is 13.9 Å². The van der Waals surface area contributed by atoms with Crippen LogP contribution in [0.3, 0.4) is 0 Å². The first-order valence-electron chi connectivity index (χ1n) is 8.98. The molecule has 5 atom stereocenters. The lowest BCUT2D eigenvalue weighted by atomic mass is 9.44. The highest BCUT2D eigenvalue weighted by molar-refractivity contribution is 5.92. The largest absolute Gasteiger partial charge is 0.472 e. The summed E-state index contributed by atoms with van der Waals surface area (Å²) in [4.78, 5) is 13.3. The Balaban J connectivity index is 1.78. The number of carbonyl (C=O) groups is 1. The first-order valence-corrected chi connectivity index (χ1v) is 8.98. The van der Waals surface area contributed by atoms with Crippen molar-refractivity contribution in [3.63, 3.8) is 0 Å². The van der Waals surface area contributed by atoms with Crippen LogP contribution in [0.5, 0.6) is 0 Å². The normalized spacial score (nSPS) is 49.7. The van der Waals surface area contributed by atoms with E-state index in [1.54, 1.807) is 12.5 Å². The van der Waals surface area contributed by atoms with Gasteiger partial charge in [0.05, 0.1) is 24.7 Å². The van der Waals surface area contributed by atoms with Crippen LogP contribution in [-0.4, -0.2) is 18.0 Å². The summed E-state index contributed by atoms with van der Waals surface area (Å²) in [6.07, 6.45) is 8.85. The van der Waals surface area contributed by atoms with Crippen LogP contribution in [-0.2, 0) is 20.1 Å². The highest BCUT2D eigenvalue weighted by atomic mass is 16.7. The number of hydrogen-bond donors (Lipinski definition) is 0. The number of allylic oxidation sites excluding steroid dienone is 1. The average molecular weight is 328 g/mol. The number of ketones is 1. The highest BCUT2D eigenvalue weighted by Crippen LogP contribution is 2.74. The van der Waals surface area contributed by atoms with Crippen molar-refractivity contribution in [1.82, 2.24) is 0 Å². The number of hydrogen-bond acceptors (Lipinski definition) is 4. The molecule has 128 valence electrons. The molecular weight excluding hydrogens is 304 g/mol. The van der Waals surface area contributed by atoms with Gasteiger partial charge in [-0.05, 0) is 31.7 Å². The predicted octanol–water partition coefficient (Wildman–Crippen LogP) is 3.96. The van der Waals surface area contributed by atoms with Crippen molar-refractivity contribution in [3.05, 3.63) is 35.8 Å². The van der Waals surface area contributed by atoms with Crippen LogP contribution in [0.1, 0.15) is 52.0 Å². The van der Waals surface area contributed by atoms with Gasteiger partial charge in [0, 0.05) is 23.8 Å². The molecule has 24 heavy (non-hydrogen) atoms. The molecule has 4 aliphatic rings. The maximum absolute atomic E-state index is 13.3. The van der Waals surface area contributed by atoms with Gasteiger partial charge in [0.15, 0.2) is 5.79 Å². The quantitative estimate of drug-likeness (QED) is 0.732. The van der Waals surface area contributed by atoms with Crippen LogP contribution in [0.15, 0.2) is 34.7 Å². The van der Waals surface area contributed by atoms with Gasteiger partial charge in [-0.15, -0.1) is 0 Å². The molecule has 5 rings (SSSR count). The maximum atomic E-state index is 13.3. The molecule has 2 aliphatic heterocycles. The minimum atomic E-state index is -0.776. The fraction of sp³-hybridized carbons (Fsp3) is 0.650. The van der Waals surface area contributed by atoms with Crippen molar-refractivity contribution in [2.45, 2.75) is 57.8 Å². The Kier molecular flexibility index (Phi) is 2.63. The van der Waals surface area contributed by atoms with Gasteiger partial charge in [-0.25, -0.2) is 0 Å². The molecular formula is C20H24O4. The third-order valence-electron chi connectivity index (χ3n) is 7.71. The molecule has 0 N–H and O–H groups in total. The number of rotatable bonds is 1. The molecule has 2 bridgehead atoms. The number of ether oxygens (including phenoxy) is 2. The Morgan fingerprint density at radius 1 is 1.33 bits per heavy atom. The first-order chi connectivity index (χ1) is 11.4. The Labute approximate surface area is 142 Å². The summed E-state index contributed by atoms with van der Waals surface area (Å²) in [6.45, 7) is 7.03. The molecule has 0 amide bonds. The zero-order valence-corrected chi connectivity index (χ0v) is 14.6. The third-order valence-corrected chi connectivity index (χ3v) is 7.71. The van der Waals surface area contributed by atoms with E-state index in [1.165, 1.54) is 0 Å². The van der Waals surface area contributed by atoms with E-state index in [1.807, 2.05) is 6.07 Å². The molecule has 1 unspecified atom stereocenters. The smallest absolute Gasteiger partial charge is 0.199 e. The predicted molar refractivity (Wildman–Crippen MR) is 87.1 cm³/mol. The second kappa shape index (κ2) is 4.23. The summed E-state index contributed by atoms with van der Waals surface area (Å²) in [6, 6.07) is 1.93. The highest BCUT2D eigenvalue weighted by Gasteiger charge is 2.80. The van der Waals surface area contributed by atoms with Crippen molar-refractivity contribution >= 4 is 5.78 Å². The summed E-state index contributed by atoms with van der Waals surface area (Å²) in [5, 5.41) is 0. The SMILES string of the molecule is CC1=CCCC23O[C@]4(c5ccoc5)C[C@]2(C)[C@@H](C)CC(=O)[C@@]13CO4. The Morgan fingerprint density at radius 2 is 2.17 bits per heavy atom. The molecule has 3 heterocycles. The number of fused-ring (bicyclic) bond motifs is 1. The van der Waals surface area contributed by atoms with Gasteiger partial charge in [0.2, 0.25) is 0 Å². The van der Waals surface area contributed by atoms with E-state index < -0.39 is 16.8 Å². The molecule has 0 radical (unpaired) electrons. The Bertz CT molecular complexity index is 750. The lowest BCUT2D eigenvalue weighted by molar-refractivity contribution is -0.344. The molecule has 2 saturated heterocycles. The number of Topliss-reactive ketones (excluding diaryl/α,β-unsaturated/α-hetero) is 1. The van der Waals surface area contributed by atoms with E-state index in [2.05, 4.69) is 26.8 Å². The summed E-state index contributed by atoms with van der Waals surface area (Å²) >= 11 is 0. The van der Waals surface area contributed by atoms with Gasteiger partial charge in [0.25, 0.3) is 0 Å². The average Bonchev–Trinajstić information content (AvgIpc) is 3.14. The Morgan fingerprint density at radius 3 is 2.92 bits per heavy atom. The molecule has 1 aromatic rings. The Hall–Kier alpha value is -1.39. The molecule has 4 nitrogen and oxygen atoms in total. The molecule has 2 aliphatic carbocycles. The second-order valence-electron chi connectivity index (χ2n) is 8.44. The van der Waals surface area contributed by atoms with Gasteiger partial charge in [0.1, 0.15) is 11.2 Å². The van der Waals surface area contributed by atoms with Crippen LogP contribution < -0.4 is 0 Å². The van der Waals surface area contributed by atoms with Crippen LogP contribution >= 0.6 is 0 Å². The third kappa shape index (κ3) is 1.32. The van der Waals surface area contributed by atoms with Crippen LogP contribution in [0, 0.1) is 16.7 Å². The van der Waals surface area contributed by atoms with Gasteiger partial charge < -0.3 is 13.9 Å². The van der Waals surface area contributed by atoms with Crippen molar-refractivity contribution < 1.29 is 18.7 Å². The van der Waals surface area contributed by atoms with Crippen LogP contribution in [0.25, 0.3) is 0 Å². The van der Waals surface area contributed by atoms with E-state index in [9.17, 15) is 4.79 Å². The second-order valence-corrected chi connectivity index (χ2v) is 8.44. The molecule has 3 fully saturated rings. The summed E-state index contributed by atoms with van der Waals surface area (Å²) in [5.74, 6) is -0.204. The number of furan rings is 1. The van der Waals surface area contributed by atoms with Crippen molar-refractivity contribution in [1.29, 1.82) is 0 Å². The molecule has 0 aromatic carbocycles. The summed E-state index contributed by atoms with van der Waals surface area (Å²) < 4.78 is 18.5. The minimum absolute atomic E-state index is 0.0931. The summed E-state index contributed by atoms with van der Waals surface area (Å²) in [7, 11) is 0. The van der Waals surface area contributed by atoms with Crippen molar-refractivity contribution in [3.8, 4) is 0 Å². The van der Waals surface area contributed by atoms with Crippen LogP contribution in [0.2, 0.25) is 0 Å². The van der Waals surface area contributed by atoms with Crippen LogP contribution in [0.4, 0.5) is 0 Å². The van der Waals surface area contributed by atoms with E-state index in [-0.39, 0.29) is 11.3 Å². The minimum Gasteiger partial charge on any atom is -0.472 e. The molecule has 1 spiro atoms. The number of carbonyl (C=O) groups excluding carboxylic acids is 1. The molecule has 1 aromatic heterocycles. The lowest BCUT2D eigenvalue weighted by Gasteiger charge is -2.62. The standard InChI is InChI=1S/C20H24O4/c1-13-5-4-7-20-17(3)11-19(24-20,15-6-8-22-10-15)23-12-18(13,20)16(21)9-14(17)2/h5-6,8,10,14H,4,7,9,11-12H2,1-3H3/t14-,17+,18+,19-,20?/m0/s1. The lowest BCUT2D eigenvalue weighted by Crippen LogP contribution is -2.70. The van der Waals surface area contributed by atoms with Crippen molar-refractivity contribution in [2.24, 2.45) is 16.7 Å². The van der Waals surface area contributed by atoms with Gasteiger partial charge in [-0.1, -0.05) is 25.5 Å². The fourth-order valence-electron chi connectivity index (χ4n) is 6.21. The van der Waals surface area contributed by atoms with Gasteiger partial charge >= 0.3 is 0 Å². The maximum Gasteiger partial charge on any atom is 0.199 e. The fourth-order valence-corrected chi connectivity index (χ4v) is 6.21. The van der Waals surface area contributed by atoms with E-state index in [0.29, 0.717) is 18.8 Å². The van der Waals surface area contributed by atoms with E-state index in [0.717, 1.165) is 30.4 Å². The molecule has 1 saturated carbocycles. The zero-order chi connectivity index (χ0) is 16.8. The monoisotopic (exact) mass is 328 g/mol. The topological polar surface area (TPSA) is 48.7 Å². The molecule has 4 heteroatoms. The van der Waals surface area contributed by atoms with Gasteiger partial charge in [-0.3, -0.25) is 4.79 Å². The summed E-state index contributed by atoms with van der Waals surface area (Å²) in [5.41, 5.74) is 0.899. The van der Waals surface area contributed by atoms with Gasteiger partial charge in [-0.2, -0.15) is 0 Å². The van der Waals surface area contributed by atoms with Crippen molar-refractivity contribution in [2.75, 3.05) is 6.61 Å².